The molecule has 0 saturated carbocycles. The van der Waals surface area contributed by atoms with Crippen molar-refractivity contribution in [1.29, 1.82) is 0 Å². The summed E-state index contributed by atoms with van der Waals surface area (Å²) < 4.78 is 0. The first kappa shape index (κ1) is 18.1. The van der Waals surface area contributed by atoms with Gasteiger partial charge >= 0.3 is 0 Å². The predicted molar refractivity (Wildman–Crippen MR) is 105 cm³/mol. The Morgan fingerprint density at radius 3 is 2.15 bits per heavy atom. The van der Waals surface area contributed by atoms with Crippen molar-refractivity contribution >= 4 is 17.7 Å². The van der Waals surface area contributed by atoms with Crippen LogP contribution >= 0.6 is 11.8 Å². The van der Waals surface area contributed by atoms with E-state index in [1.807, 2.05) is 67.6 Å². The largest absolute Gasteiger partial charge is 0.355 e. The van der Waals surface area contributed by atoms with Gasteiger partial charge in [-0.3, -0.25) is 4.79 Å². The molecule has 0 fully saturated rings. The van der Waals surface area contributed by atoms with Crippen molar-refractivity contribution in [3.05, 3.63) is 60.7 Å². The lowest BCUT2D eigenvalue weighted by atomic mass is 10.0. The Labute approximate surface area is 157 Å². The second kappa shape index (κ2) is 9.10. The fourth-order valence-electron chi connectivity index (χ4n) is 2.41. The van der Waals surface area contributed by atoms with Crippen LogP contribution < -0.4 is 5.32 Å². The van der Waals surface area contributed by atoms with Crippen LogP contribution in [-0.2, 0) is 4.79 Å². The minimum absolute atomic E-state index is 0.0196. The molecule has 1 N–H and O–H groups in total. The van der Waals surface area contributed by atoms with Gasteiger partial charge in [0, 0.05) is 17.7 Å². The molecule has 1 aromatic heterocycles. The molecule has 0 atom stereocenters. The standard InChI is InChI=1S/C20H20N4OS/c1-2-13-21-17(25)14-26-20-22-18(15-9-5-3-6-10-15)19(23-24-20)16-11-7-4-8-12-16/h3-12H,2,13-14H2,1H3,(H,21,25). The summed E-state index contributed by atoms with van der Waals surface area (Å²) >= 11 is 1.29. The van der Waals surface area contributed by atoms with Crippen LogP contribution in [0.15, 0.2) is 65.8 Å². The van der Waals surface area contributed by atoms with Crippen LogP contribution in [0.3, 0.4) is 0 Å². The molecule has 5 nitrogen and oxygen atoms in total. The van der Waals surface area contributed by atoms with Crippen LogP contribution in [0.5, 0.6) is 0 Å². The quantitative estimate of drug-likeness (QED) is 0.646. The van der Waals surface area contributed by atoms with Gasteiger partial charge in [0.25, 0.3) is 0 Å². The van der Waals surface area contributed by atoms with E-state index in [0.717, 1.165) is 28.9 Å². The zero-order valence-electron chi connectivity index (χ0n) is 14.6. The third-order valence-electron chi connectivity index (χ3n) is 3.67. The molecule has 0 aliphatic carbocycles. The topological polar surface area (TPSA) is 67.8 Å². The van der Waals surface area contributed by atoms with Crippen LogP contribution in [0.2, 0.25) is 0 Å². The highest BCUT2D eigenvalue weighted by molar-refractivity contribution is 7.99. The Kier molecular flexibility index (Phi) is 6.33. The van der Waals surface area contributed by atoms with Gasteiger partial charge in [0.1, 0.15) is 11.4 Å². The monoisotopic (exact) mass is 364 g/mol. The number of rotatable bonds is 7. The number of carbonyl (C=O) groups excluding carboxylic acids is 1. The van der Waals surface area contributed by atoms with Crippen LogP contribution in [0.4, 0.5) is 0 Å². The van der Waals surface area contributed by atoms with Gasteiger partial charge in [-0.15, -0.1) is 10.2 Å². The van der Waals surface area contributed by atoms with E-state index in [1.165, 1.54) is 11.8 Å². The number of hydrogen-bond donors (Lipinski definition) is 1. The third kappa shape index (κ3) is 4.67. The lowest BCUT2D eigenvalue weighted by molar-refractivity contribution is -0.118. The van der Waals surface area contributed by atoms with Crippen molar-refractivity contribution in [2.24, 2.45) is 0 Å². The van der Waals surface area contributed by atoms with Gasteiger partial charge in [-0.1, -0.05) is 79.3 Å². The smallest absolute Gasteiger partial charge is 0.230 e. The first-order valence-corrected chi connectivity index (χ1v) is 9.51. The molecule has 6 heteroatoms. The molecular formula is C20H20N4OS. The molecule has 0 saturated heterocycles. The molecule has 132 valence electrons. The summed E-state index contributed by atoms with van der Waals surface area (Å²) in [7, 11) is 0. The van der Waals surface area contributed by atoms with Crippen molar-refractivity contribution in [3.8, 4) is 22.5 Å². The summed E-state index contributed by atoms with van der Waals surface area (Å²) in [6, 6.07) is 19.8. The zero-order chi connectivity index (χ0) is 18.2. The number of aromatic nitrogens is 3. The van der Waals surface area contributed by atoms with Gasteiger partial charge in [-0.05, 0) is 6.42 Å². The number of carbonyl (C=O) groups is 1. The lowest BCUT2D eigenvalue weighted by Gasteiger charge is -2.09. The normalized spacial score (nSPS) is 10.5. The molecule has 0 aliphatic rings. The first-order valence-electron chi connectivity index (χ1n) is 8.53. The molecule has 0 aliphatic heterocycles. The van der Waals surface area contributed by atoms with E-state index in [0.29, 0.717) is 11.7 Å². The Morgan fingerprint density at radius 1 is 0.923 bits per heavy atom. The molecule has 0 bridgehead atoms. The number of hydrogen-bond acceptors (Lipinski definition) is 5. The molecular weight excluding hydrogens is 344 g/mol. The minimum Gasteiger partial charge on any atom is -0.355 e. The van der Waals surface area contributed by atoms with Gasteiger partial charge in [0.05, 0.1) is 5.75 Å². The number of nitrogens with one attached hydrogen (secondary N) is 1. The second-order valence-corrected chi connectivity index (χ2v) is 6.60. The van der Waals surface area contributed by atoms with Crippen molar-refractivity contribution < 1.29 is 4.79 Å². The van der Waals surface area contributed by atoms with E-state index in [9.17, 15) is 4.79 Å². The Morgan fingerprint density at radius 2 is 1.54 bits per heavy atom. The third-order valence-corrected chi connectivity index (χ3v) is 4.50. The maximum absolute atomic E-state index is 11.8. The zero-order valence-corrected chi connectivity index (χ0v) is 15.4. The van der Waals surface area contributed by atoms with Gasteiger partial charge in [0.2, 0.25) is 11.1 Å². The summed E-state index contributed by atoms with van der Waals surface area (Å²) in [5.74, 6) is 0.259. The average Bonchev–Trinajstić information content (AvgIpc) is 2.72. The summed E-state index contributed by atoms with van der Waals surface area (Å²) in [5, 5.41) is 12.0. The molecule has 0 spiro atoms. The highest BCUT2D eigenvalue weighted by Crippen LogP contribution is 2.29. The predicted octanol–water partition coefficient (Wildman–Crippen LogP) is 3.82. The number of amides is 1. The van der Waals surface area contributed by atoms with E-state index in [1.54, 1.807) is 0 Å². The summed E-state index contributed by atoms with van der Waals surface area (Å²) in [5.41, 5.74) is 3.43. The first-order chi connectivity index (χ1) is 12.8. The van der Waals surface area contributed by atoms with E-state index in [4.69, 9.17) is 0 Å². The van der Waals surface area contributed by atoms with Crippen LogP contribution in [0, 0.1) is 0 Å². The number of nitrogens with zero attached hydrogens (tertiary/aromatic N) is 3. The summed E-state index contributed by atoms with van der Waals surface area (Å²) in [6.07, 6.45) is 0.915. The van der Waals surface area contributed by atoms with Crippen molar-refractivity contribution in [3.63, 3.8) is 0 Å². The van der Waals surface area contributed by atoms with Crippen LogP contribution in [0.1, 0.15) is 13.3 Å². The van der Waals surface area contributed by atoms with Gasteiger partial charge in [-0.25, -0.2) is 4.98 Å². The maximum Gasteiger partial charge on any atom is 0.230 e. The molecule has 3 rings (SSSR count). The fraction of sp³-hybridized carbons (Fsp3) is 0.200. The molecule has 3 aromatic rings. The van der Waals surface area contributed by atoms with E-state index < -0.39 is 0 Å². The Bertz CT molecular complexity index is 856. The minimum atomic E-state index is -0.0196. The lowest BCUT2D eigenvalue weighted by Crippen LogP contribution is -2.25. The molecule has 2 aromatic carbocycles. The van der Waals surface area contributed by atoms with Gasteiger partial charge < -0.3 is 5.32 Å². The SMILES string of the molecule is CCCNC(=O)CSc1nnc(-c2ccccc2)c(-c2ccccc2)n1. The Hall–Kier alpha value is -2.73. The highest BCUT2D eigenvalue weighted by Gasteiger charge is 2.14. The molecule has 26 heavy (non-hydrogen) atoms. The molecule has 0 radical (unpaired) electrons. The second-order valence-electron chi connectivity index (χ2n) is 5.66. The molecule has 1 amide bonds. The van der Waals surface area contributed by atoms with Crippen LogP contribution in [-0.4, -0.2) is 33.4 Å². The van der Waals surface area contributed by atoms with Gasteiger partial charge in [-0.2, -0.15) is 0 Å². The average molecular weight is 364 g/mol. The summed E-state index contributed by atoms with van der Waals surface area (Å²) in [4.78, 5) is 16.5. The van der Waals surface area contributed by atoms with E-state index >= 15 is 0 Å². The van der Waals surface area contributed by atoms with Crippen molar-refractivity contribution in [2.75, 3.05) is 12.3 Å². The van der Waals surface area contributed by atoms with Crippen molar-refractivity contribution in [1.82, 2.24) is 20.5 Å². The van der Waals surface area contributed by atoms with E-state index in [2.05, 4.69) is 20.5 Å². The maximum atomic E-state index is 11.8. The van der Waals surface area contributed by atoms with Crippen LogP contribution in [0.25, 0.3) is 22.5 Å². The van der Waals surface area contributed by atoms with E-state index in [-0.39, 0.29) is 11.7 Å². The molecule has 0 unspecified atom stereocenters. The Balaban J connectivity index is 1.89. The highest BCUT2D eigenvalue weighted by atomic mass is 32.2. The number of benzene rings is 2. The summed E-state index contributed by atoms with van der Waals surface area (Å²) in [6.45, 7) is 2.70. The van der Waals surface area contributed by atoms with Crippen molar-refractivity contribution in [2.45, 2.75) is 18.5 Å². The molecule has 1 heterocycles. The van der Waals surface area contributed by atoms with Gasteiger partial charge in [0.15, 0.2) is 0 Å². The fourth-order valence-corrected chi connectivity index (χ4v) is 3.02. The number of thioether (sulfide) groups is 1.